The van der Waals surface area contributed by atoms with Crippen molar-refractivity contribution in [3.05, 3.63) is 80.0 Å². The topological polar surface area (TPSA) is 99.2 Å². The number of benzene rings is 2. The SMILES string of the molecule is CCOC(=O)c1c(-c2ccc(Br)cc2)nn(C)c1C.Cc1c(C(=O)O)c(-c2ccc(Br)cc2)nn1C. The third-order valence-corrected chi connectivity index (χ3v) is 6.65. The summed E-state index contributed by atoms with van der Waals surface area (Å²) in [5, 5.41) is 17.9. The fourth-order valence-electron chi connectivity index (χ4n) is 3.54. The number of carbonyl (C=O) groups excluding carboxylic acids is 1. The van der Waals surface area contributed by atoms with Gasteiger partial charge in [0.15, 0.2) is 0 Å². The standard InChI is InChI=1S/C14H15BrN2O2.C12H11BrN2O2/c1-4-19-14(18)12-9(2)17(3)16-13(12)10-5-7-11(15)8-6-10;1-7-10(12(16)17)11(14-15(7)2)8-3-5-9(13)6-4-8/h5-8H,4H2,1-3H3;3-6H,1-2H3,(H,16,17). The first-order valence-corrected chi connectivity index (χ1v) is 12.6. The van der Waals surface area contributed by atoms with E-state index in [4.69, 9.17) is 4.74 Å². The quantitative estimate of drug-likeness (QED) is 0.268. The van der Waals surface area contributed by atoms with Crippen molar-refractivity contribution in [3.8, 4) is 22.5 Å². The summed E-state index contributed by atoms with van der Waals surface area (Å²) in [7, 11) is 3.56. The molecule has 0 unspecified atom stereocenters. The lowest BCUT2D eigenvalue weighted by molar-refractivity contribution is 0.0525. The largest absolute Gasteiger partial charge is 0.478 e. The second-order valence-corrected chi connectivity index (χ2v) is 9.74. The molecule has 2 heterocycles. The van der Waals surface area contributed by atoms with Gasteiger partial charge in [0.05, 0.1) is 18.0 Å². The average Bonchev–Trinajstić information content (AvgIpc) is 3.30. The van der Waals surface area contributed by atoms with E-state index in [2.05, 4.69) is 42.1 Å². The monoisotopic (exact) mass is 616 g/mol. The van der Waals surface area contributed by atoms with E-state index in [1.807, 2.05) is 62.5 Å². The molecule has 0 aliphatic rings. The van der Waals surface area contributed by atoms with Gasteiger partial charge in [0, 0.05) is 34.2 Å². The summed E-state index contributed by atoms with van der Waals surface area (Å²) in [5.41, 5.74) is 5.11. The molecule has 0 fully saturated rings. The number of ether oxygens (including phenoxy) is 1. The van der Waals surface area contributed by atoms with Crippen LogP contribution in [-0.4, -0.2) is 43.2 Å². The third kappa shape index (κ3) is 5.93. The van der Waals surface area contributed by atoms with E-state index in [1.165, 1.54) is 0 Å². The second-order valence-electron chi connectivity index (χ2n) is 7.90. The van der Waals surface area contributed by atoms with Crippen LogP contribution in [0.3, 0.4) is 0 Å². The van der Waals surface area contributed by atoms with E-state index in [1.54, 1.807) is 30.3 Å². The highest BCUT2D eigenvalue weighted by atomic mass is 79.9. The maximum atomic E-state index is 12.1. The number of halogens is 2. The molecule has 0 atom stereocenters. The van der Waals surface area contributed by atoms with Crippen molar-refractivity contribution in [1.82, 2.24) is 19.6 Å². The summed E-state index contributed by atoms with van der Waals surface area (Å²) in [4.78, 5) is 23.3. The van der Waals surface area contributed by atoms with E-state index in [0.717, 1.165) is 25.8 Å². The fourth-order valence-corrected chi connectivity index (χ4v) is 4.07. The van der Waals surface area contributed by atoms with E-state index >= 15 is 0 Å². The number of rotatable bonds is 5. The predicted molar refractivity (Wildman–Crippen MR) is 145 cm³/mol. The number of hydrogen-bond acceptors (Lipinski definition) is 5. The smallest absolute Gasteiger partial charge is 0.342 e. The third-order valence-electron chi connectivity index (χ3n) is 5.60. The lowest BCUT2D eigenvalue weighted by atomic mass is 10.1. The predicted octanol–water partition coefficient (Wildman–Crippen LogP) is 6.19. The van der Waals surface area contributed by atoms with E-state index < -0.39 is 5.97 Å². The van der Waals surface area contributed by atoms with Crippen LogP contribution in [0.25, 0.3) is 22.5 Å². The van der Waals surface area contributed by atoms with Gasteiger partial charge in [0.25, 0.3) is 0 Å². The van der Waals surface area contributed by atoms with Crippen molar-refractivity contribution in [3.63, 3.8) is 0 Å². The maximum Gasteiger partial charge on any atom is 0.342 e. The Labute approximate surface area is 226 Å². The van der Waals surface area contributed by atoms with Crippen LogP contribution in [0, 0.1) is 13.8 Å². The number of carboxylic acid groups (broad SMARTS) is 1. The summed E-state index contributed by atoms with van der Waals surface area (Å²) in [5.74, 6) is -1.28. The van der Waals surface area contributed by atoms with Gasteiger partial charge in [-0.2, -0.15) is 10.2 Å². The van der Waals surface area contributed by atoms with Crippen molar-refractivity contribution in [2.45, 2.75) is 20.8 Å². The van der Waals surface area contributed by atoms with Crippen LogP contribution in [0.2, 0.25) is 0 Å². The van der Waals surface area contributed by atoms with Crippen molar-refractivity contribution in [1.29, 1.82) is 0 Å². The normalized spacial score (nSPS) is 10.5. The lowest BCUT2D eigenvalue weighted by Crippen LogP contribution is -2.07. The Morgan fingerprint density at radius 1 is 0.806 bits per heavy atom. The number of hydrogen-bond donors (Lipinski definition) is 1. The minimum atomic E-state index is -0.950. The molecule has 0 aliphatic heterocycles. The molecule has 0 radical (unpaired) electrons. The van der Waals surface area contributed by atoms with Crippen molar-refractivity contribution in [2.75, 3.05) is 6.61 Å². The molecule has 0 aliphatic carbocycles. The van der Waals surface area contributed by atoms with E-state index in [0.29, 0.717) is 29.3 Å². The van der Waals surface area contributed by atoms with E-state index in [9.17, 15) is 14.7 Å². The first-order valence-electron chi connectivity index (χ1n) is 11.0. The van der Waals surface area contributed by atoms with Crippen LogP contribution in [-0.2, 0) is 18.8 Å². The van der Waals surface area contributed by atoms with Gasteiger partial charge in [-0.05, 0) is 45.0 Å². The minimum Gasteiger partial charge on any atom is -0.478 e. The molecule has 2 aromatic carbocycles. The summed E-state index contributed by atoms with van der Waals surface area (Å²) in [6.45, 7) is 5.76. The summed E-state index contributed by atoms with van der Waals surface area (Å²) < 4.78 is 10.3. The molecule has 0 saturated heterocycles. The fraction of sp³-hybridized carbons (Fsp3) is 0.231. The van der Waals surface area contributed by atoms with Crippen LogP contribution < -0.4 is 0 Å². The lowest BCUT2D eigenvalue weighted by Gasteiger charge is -2.04. The number of aromatic carboxylic acids is 1. The highest BCUT2D eigenvalue weighted by Crippen LogP contribution is 2.27. The van der Waals surface area contributed by atoms with Crippen molar-refractivity contribution in [2.24, 2.45) is 14.1 Å². The average molecular weight is 618 g/mol. The molecule has 0 spiro atoms. The number of aryl methyl sites for hydroxylation is 2. The first-order chi connectivity index (χ1) is 17.0. The second kappa shape index (κ2) is 11.7. The molecule has 2 aromatic heterocycles. The minimum absolute atomic E-state index is 0.259. The zero-order valence-corrected chi connectivity index (χ0v) is 23.7. The Bertz CT molecular complexity index is 1390. The molecule has 0 saturated carbocycles. The number of nitrogens with zero attached hydrogens (tertiary/aromatic N) is 4. The Morgan fingerprint density at radius 3 is 1.58 bits per heavy atom. The molecule has 4 rings (SSSR count). The molecule has 10 heteroatoms. The van der Waals surface area contributed by atoms with Crippen molar-refractivity contribution >= 4 is 43.8 Å². The zero-order valence-electron chi connectivity index (χ0n) is 20.5. The van der Waals surface area contributed by atoms with E-state index in [-0.39, 0.29) is 11.5 Å². The molecule has 36 heavy (non-hydrogen) atoms. The van der Waals surface area contributed by atoms with Crippen LogP contribution in [0.5, 0.6) is 0 Å². The van der Waals surface area contributed by atoms with Crippen LogP contribution in [0.1, 0.15) is 39.0 Å². The summed E-state index contributed by atoms with van der Waals surface area (Å²) in [6, 6.07) is 15.1. The molecule has 188 valence electrons. The van der Waals surface area contributed by atoms with Crippen molar-refractivity contribution < 1.29 is 19.4 Å². The van der Waals surface area contributed by atoms with Gasteiger partial charge in [-0.25, -0.2) is 9.59 Å². The van der Waals surface area contributed by atoms with Gasteiger partial charge >= 0.3 is 11.9 Å². The molecule has 4 aromatic rings. The maximum absolute atomic E-state index is 12.1. The number of carboxylic acids is 1. The molecule has 0 bridgehead atoms. The molecular weight excluding hydrogens is 592 g/mol. The Kier molecular flexibility index (Phi) is 8.86. The molecule has 0 amide bonds. The highest BCUT2D eigenvalue weighted by molar-refractivity contribution is 9.10. The van der Waals surface area contributed by atoms with Gasteiger partial charge in [-0.3, -0.25) is 9.36 Å². The highest BCUT2D eigenvalue weighted by Gasteiger charge is 2.22. The van der Waals surface area contributed by atoms with Gasteiger partial charge in [0.2, 0.25) is 0 Å². The Morgan fingerprint density at radius 2 is 1.19 bits per heavy atom. The van der Waals surface area contributed by atoms with Gasteiger partial charge in [0.1, 0.15) is 22.5 Å². The number of esters is 1. The van der Waals surface area contributed by atoms with Crippen LogP contribution in [0.4, 0.5) is 0 Å². The van der Waals surface area contributed by atoms with Gasteiger partial charge in [-0.1, -0.05) is 56.1 Å². The summed E-state index contributed by atoms with van der Waals surface area (Å²) >= 11 is 6.74. The van der Waals surface area contributed by atoms with Crippen LogP contribution >= 0.6 is 31.9 Å². The Balaban J connectivity index is 0.000000202. The zero-order chi connectivity index (χ0) is 26.6. The van der Waals surface area contributed by atoms with Gasteiger partial charge in [-0.15, -0.1) is 0 Å². The number of carbonyl (C=O) groups is 2. The first kappa shape index (κ1) is 27.3. The van der Waals surface area contributed by atoms with Gasteiger partial charge < -0.3 is 9.84 Å². The summed E-state index contributed by atoms with van der Waals surface area (Å²) in [6.07, 6.45) is 0. The molecule has 8 nitrogen and oxygen atoms in total. The number of aromatic nitrogens is 4. The molecular formula is C26H26Br2N4O4. The molecule has 1 N–H and O–H groups in total. The Hall–Kier alpha value is -3.24. The van der Waals surface area contributed by atoms with Crippen LogP contribution in [0.15, 0.2) is 57.5 Å².